The van der Waals surface area contributed by atoms with Crippen LogP contribution in [-0.2, 0) is 0 Å². The van der Waals surface area contributed by atoms with E-state index in [4.69, 9.17) is 0 Å². The second kappa shape index (κ2) is 5.95. The quantitative estimate of drug-likeness (QED) is 0.639. The van der Waals surface area contributed by atoms with Crippen LogP contribution in [-0.4, -0.2) is 22.0 Å². The Morgan fingerprint density at radius 1 is 1.58 bits per heavy atom. The Morgan fingerprint density at radius 2 is 2.37 bits per heavy atom. The number of carbonyl (C=O) groups excluding carboxylic acids is 1. The molecule has 96 valence electrons. The molecule has 0 saturated carbocycles. The summed E-state index contributed by atoms with van der Waals surface area (Å²) in [5.74, 6) is -1.06. The summed E-state index contributed by atoms with van der Waals surface area (Å²) in [5.41, 5.74) is 1.33. The number of carbonyl (C=O) groups is 1. The molecule has 2 aromatic rings. The molecule has 0 fully saturated rings. The molecular formula is C13H11N3OS2. The Kier molecular flexibility index (Phi) is 4.30. The summed E-state index contributed by atoms with van der Waals surface area (Å²) < 4.78 is 0. The lowest BCUT2D eigenvalue weighted by atomic mass is 10.0. The lowest BCUT2D eigenvalue weighted by molar-refractivity contribution is 0.0978. The SMILES string of the molecule is CSc1cc(C(=O)[C@H](C#N)c2nc(C)cs2)ccn1. The van der Waals surface area contributed by atoms with E-state index in [2.05, 4.69) is 9.97 Å². The van der Waals surface area contributed by atoms with Gasteiger partial charge in [0.15, 0.2) is 11.7 Å². The molecule has 6 heteroatoms. The zero-order valence-electron chi connectivity index (χ0n) is 10.5. The number of pyridine rings is 1. The van der Waals surface area contributed by atoms with E-state index >= 15 is 0 Å². The van der Waals surface area contributed by atoms with E-state index in [0.717, 1.165) is 10.7 Å². The Morgan fingerprint density at radius 3 is 2.95 bits per heavy atom. The average molecular weight is 289 g/mol. The maximum Gasteiger partial charge on any atom is 0.187 e. The van der Waals surface area contributed by atoms with Gasteiger partial charge in [0.05, 0.1) is 11.1 Å². The van der Waals surface area contributed by atoms with Gasteiger partial charge in [-0.3, -0.25) is 4.79 Å². The zero-order valence-corrected chi connectivity index (χ0v) is 12.1. The number of nitriles is 1. The highest BCUT2D eigenvalue weighted by Gasteiger charge is 2.24. The van der Waals surface area contributed by atoms with Crippen LogP contribution in [0, 0.1) is 18.3 Å². The molecule has 2 heterocycles. The van der Waals surface area contributed by atoms with Gasteiger partial charge in [0.25, 0.3) is 0 Å². The normalized spacial score (nSPS) is 11.8. The van der Waals surface area contributed by atoms with Crippen LogP contribution in [0.25, 0.3) is 0 Å². The molecule has 0 aliphatic heterocycles. The van der Waals surface area contributed by atoms with Gasteiger partial charge in [-0.15, -0.1) is 23.1 Å². The summed E-state index contributed by atoms with van der Waals surface area (Å²) in [4.78, 5) is 20.7. The molecule has 2 rings (SSSR count). The lowest BCUT2D eigenvalue weighted by Gasteiger charge is -2.05. The summed E-state index contributed by atoms with van der Waals surface area (Å²) in [6.07, 6.45) is 3.48. The first-order valence-corrected chi connectivity index (χ1v) is 7.62. The first-order valence-electron chi connectivity index (χ1n) is 5.51. The average Bonchev–Trinajstić information content (AvgIpc) is 2.86. The Hall–Kier alpha value is -1.71. The fourth-order valence-electron chi connectivity index (χ4n) is 1.57. The van der Waals surface area contributed by atoms with E-state index in [9.17, 15) is 10.1 Å². The largest absolute Gasteiger partial charge is 0.292 e. The molecule has 0 aliphatic rings. The van der Waals surface area contributed by atoms with Crippen LogP contribution >= 0.6 is 23.1 Å². The molecule has 0 aliphatic carbocycles. The van der Waals surface area contributed by atoms with E-state index in [-0.39, 0.29) is 5.78 Å². The van der Waals surface area contributed by atoms with Crippen LogP contribution in [0.4, 0.5) is 0 Å². The Labute approximate surface area is 119 Å². The number of Topliss-reactive ketones (excluding diaryl/α,β-unsaturated/α-hetero) is 1. The van der Waals surface area contributed by atoms with Gasteiger partial charge >= 0.3 is 0 Å². The molecule has 19 heavy (non-hydrogen) atoms. The molecule has 0 bridgehead atoms. The second-order valence-corrected chi connectivity index (χ2v) is 5.56. The number of aromatic nitrogens is 2. The van der Waals surface area contributed by atoms with Crippen molar-refractivity contribution in [1.29, 1.82) is 5.26 Å². The summed E-state index contributed by atoms with van der Waals surface area (Å²) >= 11 is 2.80. The fraction of sp³-hybridized carbons (Fsp3) is 0.231. The molecule has 0 aromatic carbocycles. The fourth-order valence-corrected chi connectivity index (χ4v) is 2.82. The smallest absolute Gasteiger partial charge is 0.187 e. The molecule has 0 amide bonds. The minimum atomic E-state index is -0.837. The van der Waals surface area contributed by atoms with Gasteiger partial charge < -0.3 is 0 Å². The van der Waals surface area contributed by atoms with Gasteiger partial charge in [-0.05, 0) is 25.3 Å². The third-order valence-electron chi connectivity index (χ3n) is 2.50. The molecule has 2 aromatic heterocycles. The van der Waals surface area contributed by atoms with Crippen LogP contribution in [0.1, 0.15) is 27.0 Å². The molecule has 0 unspecified atom stereocenters. The Bertz CT molecular complexity index is 645. The Balaban J connectivity index is 2.33. The van der Waals surface area contributed by atoms with Crippen LogP contribution < -0.4 is 0 Å². The number of thioether (sulfide) groups is 1. The van der Waals surface area contributed by atoms with Gasteiger partial charge in [-0.1, -0.05) is 0 Å². The van der Waals surface area contributed by atoms with Crippen molar-refractivity contribution in [2.24, 2.45) is 0 Å². The monoisotopic (exact) mass is 289 g/mol. The standard InChI is InChI=1S/C13H11N3OS2/c1-8-7-19-13(16-8)10(6-14)12(17)9-3-4-15-11(5-9)18-2/h3-5,7,10H,1-2H3/t10-/m0/s1. The molecule has 4 nitrogen and oxygen atoms in total. The first kappa shape index (κ1) is 13.7. The number of hydrogen-bond acceptors (Lipinski definition) is 6. The molecular weight excluding hydrogens is 278 g/mol. The van der Waals surface area contributed by atoms with Gasteiger partial charge in [0.2, 0.25) is 0 Å². The summed E-state index contributed by atoms with van der Waals surface area (Å²) in [6, 6.07) is 5.38. The van der Waals surface area contributed by atoms with Crippen LogP contribution in [0.2, 0.25) is 0 Å². The molecule has 0 radical (unpaired) electrons. The summed E-state index contributed by atoms with van der Waals surface area (Å²) in [5, 5.41) is 12.4. The predicted molar refractivity (Wildman–Crippen MR) is 75.6 cm³/mol. The van der Waals surface area contributed by atoms with E-state index in [0.29, 0.717) is 10.6 Å². The minimum Gasteiger partial charge on any atom is -0.292 e. The van der Waals surface area contributed by atoms with Gasteiger partial charge in [0.1, 0.15) is 5.01 Å². The van der Waals surface area contributed by atoms with Crippen molar-refractivity contribution in [3.05, 3.63) is 40.0 Å². The number of rotatable bonds is 4. The van der Waals surface area contributed by atoms with Crippen LogP contribution in [0.5, 0.6) is 0 Å². The van der Waals surface area contributed by atoms with E-state index in [1.54, 1.807) is 18.3 Å². The summed E-state index contributed by atoms with van der Waals surface area (Å²) in [6.45, 7) is 1.84. The highest BCUT2D eigenvalue weighted by atomic mass is 32.2. The van der Waals surface area contributed by atoms with Crippen molar-refractivity contribution in [2.45, 2.75) is 17.9 Å². The molecule has 0 spiro atoms. The predicted octanol–water partition coefficient (Wildman–Crippen LogP) is 3.06. The van der Waals surface area contributed by atoms with E-state index in [1.807, 2.05) is 24.6 Å². The van der Waals surface area contributed by atoms with E-state index in [1.165, 1.54) is 23.1 Å². The second-order valence-electron chi connectivity index (χ2n) is 3.84. The zero-order chi connectivity index (χ0) is 13.8. The van der Waals surface area contributed by atoms with Gasteiger partial charge in [0, 0.05) is 22.8 Å². The van der Waals surface area contributed by atoms with Crippen molar-refractivity contribution in [3.63, 3.8) is 0 Å². The number of aryl methyl sites for hydroxylation is 1. The van der Waals surface area contributed by atoms with Gasteiger partial charge in [-0.25, -0.2) is 9.97 Å². The third-order valence-corrected chi connectivity index (χ3v) is 4.17. The number of nitrogens with zero attached hydrogens (tertiary/aromatic N) is 3. The number of thiazole rings is 1. The van der Waals surface area contributed by atoms with E-state index < -0.39 is 5.92 Å². The molecule has 1 atom stereocenters. The molecule has 0 N–H and O–H groups in total. The number of hydrogen-bond donors (Lipinski definition) is 0. The first-order chi connectivity index (χ1) is 9.15. The maximum absolute atomic E-state index is 12.4. The topological polar surface area (TPSA) is 66.6 Å². The highest BCUT2D eigenvalue weighted by Crippen LogP contribution is 2.24. The lowest BCUT2D eigenvalue weighted by Crippen LogP contribution is -2.11. The van der Waals surface area contributed by atoms with Crippen molar-refractivity contribution >= 4 is 28.9 Å². The molecule has 0 saturated heterocycles. The minimum absolute atomic E-state index is 0.227. The van der Waals surface area contributed by atoms with Crippen molar-refractivity contribution in [3.8, 4) is 6.07 Å². The third kappa shape index (κ3) is 3.00. The van der Waals surface area contributed by atoms with Crippen LogP contribution in [0.3, 0.4) is 0 Å². The van der Waals surface area contributed by atoms with Crippen molar-refractivity contribution in [2.75, 3.05) is 6.26 Å². The maximum atomic E-state index is 12.4. The van der Waals surface area contributed by atoms with Gasteiger partial charge in [-0.2, -0.15) is 5.26 Å². The number of ketones is 1. The van der Waals surface area contributed by atoms with Crippen molar-refractivity contribution < 1.29 is 4.79 Å². The highest BCUT2D eigenvalue weighted by molar-refractivity contribution is 7.98. The summed E-state index contributed by atoms with van der Waals surface area (Å²) in [7, 11) is 0. The van der Waals surface area contributed by atoms with Crippen molar-refractivity contribution in [1.82, 2.24) is 9.97 Å². The van der Waals surface area contributed by atoms with Crippen LogP contribution in [0.15, 0.2) is 28.7 Å².